The van der Waals surface area contributed by atoms with Crippen molar-refractivity contribution in [3.05, 3.63) is 54.1 Å². The van der Waals surface area contributed by atoms with E-state index in [4.69, 9.17) is 0 Å². The van der Waals surface area contributed by atoms with Gasteiger partial charge in [0.05, 0.1) is 5.69 Å². The number of hydrogen-bond acceptors (Lipinski definition) is 2. The van der Waals surface area contributed by atoms with Crippen LogP contribution in [-0.2, 0) is 0 Å². The zero-order valence-electron chi connectivity index (χ0n) is 9.97. The van der Waals surface area contributed by atoms with E-state index in [1.54, 1.807) is 18.2 Å². The number of carbonyl (C=O) groups excluding carboxylic acids is 1. The van der Waals surface area contributed by atoms with Crippen LogP contribution in [0.2, 0.25) is 0 Å². The van der Waals surface area contributed by atoms with Crippen molar-refractivity contribution in [2.75, 3.05) is 10.6 Å². The highest BCUT2D eigenvalue weighted by Crippen LogP contribution is 2.21. The molecule has 0 aliphatic carbocycles. The summed E-state index contributed by atoms with van der Waals surface area (Å²) in [4.78, 5) is 11.7. The topological polar surface area (TPSA) is 61.4 Å². The SMILES string of the molecule is Cc1ccc(NC(=O)Nc2ccccc2O)cc1. The first-order valence-corrected chi connectivity index (χ1v) is 5.58. The molecule has 4 heteroatoms. The van der Waals surface area contributed by atoms with E-state index in [0.29, 0.717) is 11.4 Å². The molecule has 2 aromatic rings. The summed E-state index contributed by atoms with van der Waals surface area (Å²) >= 11 is 0. The summed E-state index contributed by atoms with van der Waals surface area (Å²) in [6, 6.07) is 13.6. The first kappa shape index (κ1) is 12.0. The fraction of sp³-hybridized carbons (Fsp3) is 0.0714. The Morgan fingerprint density at radius 2 is 1.67 bits per heavy atom. The molecule has 0 aliphatic rings. The van der Waals surface area contributed by atoms with Crippen molar-refractivity contribution in [1.29, 1.82) is 0 Å². The molecule has 0 atom stereocenters. The maximum absolute atomic E-state index is 11.7. The number of hydrogen-bond donors (Lipinski definition) is 3. The van der Waals surface area contributed by atoms with Gasteiger partial charge in [0.1, 0.15) is 5.75 Å². The first-order valence-electron chi connectivity index (χ1n) is 5.58. The highest BCUT2D eigenvalue weighted by molar-refractivity contribution is 6.00. The van der Waals surface area contributed by atoms with E-state index in [1.165, 1.54) is 6.07 Å². The minimum atomic E-state index is -0.389. The number of aromatic hydroxyl groups is 1. The van der Waals surface area contributed by atoms with Gasteiger partial charge in [-0.25, -0.2) is 4.79 Å². The van der Waals surface area contributed by atoms with Gasteiger partial charge in [0.25, 0.3) is 0 Å². The molecule has 2 amide bonds. The van der Waals surface area contributed by atoms with Gasteiger partial charge in [0.15, 0.2) is 0 Å². The lowest BCUT2D eigenvalue weighted by molar-refractivity contribution is 0.262. The summed E-state index contributed by atoms with van der Waals surface area (Å²) in [6.07, 6.45) is 0. The molecule has 18 heavy (non-hydrogen) atoms. The van der Waals surface area contributed by atoms with Crippen LogP contribution in [0, 0.1) is 6.92 Å². The predicted octanol–water partition coefficient (Wildman–Crippen LogP) is 3.34. The molecule has 2 rings (SSSR count). The van der Waals surface area contributed by atoms with Gasteiger partial charge in [-0.1, -0.05) is 29.8 Å². The molecular formula is C14H14N2O2. The fourth-order valence-corrected chi connectivity index (χ4v) is 1.50. The van der Waals surface area contributed by atoms with Gasteiger partial charge in [0.2, 0.25) is 0 Å². The Bertz CT molecular complexity index is 550. The molecule has 0 heterocycles. The Balaban J connectivity index is 2.01. The van der Waals surface area contributed by atoms with E-state index in [-0.39, 0.29) is 11.8 Å². The van der Waals surface area contributed by atoms with Gasteiger partial charge in [-0.3, -0.25) is 0 Å². The molecule has 0 saturated heterocycles. The minimum Gasteiger partial charge on any atom is -0.506 e. The van der Waals surface area contributed by atoms with Crippen molar-refractivity contribution in [3.8, 4) is 5.75 Å². The number of benzene rings is 2. The van der Waals surface area contributed by atoms with Crippen LogP contribution in [-0.4, -0.2) is 11.1 Å². The second kappa shape index (κ2) is 5.23. The van der Waals surface area contributed by atoms with Crippen LogP contribution in [0.3, 0.4) is 0 Å². The molecule has 0 spiro atoms. The van der Waals surface area contributed by atoms with Crippen molar-refractivity contribution < 1.29 is 9.90 Å². The van der Waals surface area contributed by atoms with Gasteiger partial charge < -0.3 is 15.7 Å². The molecule has 0 bridgehead atoms. The lowest BCUT2D eigenvalue weighted by Crippen LogP contribution is -2.19. The third-order valence-electron chi connectivity index (χ3n) is 2.46. The standard InChI is InChI=1S/C14H14N2O2/c1-10-6-8-11(9-7-10)15-14(18)16-12-4-2-3-5-13(12)17/h2-9,17H,1H3,(H2,15,16,18). The Morgan fingerprint density at radius 1 is 1.00 bits per heavy atom. The smallest absolute Gasteiger partial charge is 0.323 e. The number of phenols is 1. The van der Waals surface area contributed by atoms with Crippen molar-refractivity contribution in [3.63, 3.8) is 0 Å². The normalized spacial score (nSPS) is 9.83. The second-order valence-corrected chi connectivity index (χ2v) is 3.96. The van der Waals surface area contributed by atoms with E-state index in [1.807, 2.05) is 31.2 Å². The van der Waals surface area contributed by atoms with Crippen LogP contribution >= 0.6 is 0 Å². The Hall–Kier alpha value is -2.49. The van der Waals surface area contributed by atoms with Gasteiger partial charge in [-0.05, 0) is 31.2 Å². The van der Waals surface area contributed by atoms with Crippen LogP contribution in [0.15, 0.2) is 48.5 Å². The average molecular weight is 242 g/mol. The summed E-state index contributed by atoms with van der Waals surface area (Å²) in [6.45, 7) is 1.98. The molecule has 0 radical (unpaired) electrons. The minimum absolute atomic E-state index is 0.0385. The molecule has 0 unspecified atom stereocenters. The number of nitrogens with one attached hydrogen (secondary N) is 2. The zero-order chi connectivity index (χ0) is 13.0. The number of anilines is 2. The largest absolute Gasteiger partial charge is 0.506 e. The third-order valence-corrected chi connectivity index (χ3v) is 2.46. The highest BCUT2D eigenvalue weighted by atomic mass is 16.3. The van der Waals surface area contributed by atoms with Gasteiger partial charge in [-0.15, -0.1) is 0 Å². The van der Waals surface area contributed by atoms with E-state index in [2.05, 4.69) is 10.6 Å². The van der Waals surface area contributed by atoms with Crippen LogP contribution in [0.25, 0.3) is 0 Å². The maximum atomic E-state index is 11.7. The Kier molecular flexibility index (Phi) is 3.48. The van der Waals surface area contributed by atoms with Crippen LogP contribution in [0.5, 0.6) is 5.75 Å². The number of amides is 2. The van der Waals surface area contributed by atoms with Crippen LogP contribution in [0.4, 0.5) is 16.2 Å². The Labute approximate surface area is 105 Å². The maximum Gasteiger partial charge on any atom is 0.323 e. The first-order chi connectivity index (χ1) is 8.65. The van der Waals surface area contributed by atoms with Crippen molar-refractivity contribution in [2.45, 2.75) is 6.92 Å². The van der Waals surface area contributed by atoms with Crippen LogP contribution < -0.4 is 10.6 Å². The highest BCUT2D eigenvalue weighted by Gasteiger charge is 2.05. The molecule has 0 fully saturated rings. The van der Waals surface area contributed by atoms with E-state index in [0.717, 1.165) is 5.56 Å². The number of aryl methyl sites for hydroxylation is 1. The quantitative estimate of drug-likeness (QED) is 0.707. The van der Waals surface area contributed by atoms with Crippen molar-refractivity contribution >= 4 is 17.4 Å². The summed E-state index contributed by atoms with van der Waals surface area (Å²) in [5.74, 6) is 0.0385. The number of phenolic OH excluding ortho intramolecular Hbond substituents is 1. The lowest BCUT2D eigenvalue weighted by atomic mass is 10.2. The molecule has 2 aromatic carbocycles. The van der Waals surface area contributed by atoms with Gasteiger partial charge >= 0.3 is 6.03 Å². The average Bonchev–Trinajstić information content (AvgIpc) is 2.35. The molecular weight excluding hydrogens is 228 g/mol. The monoisotopic (exact) mass is 242 g/mol. The molecule has 3 N–H and O–H groups in total. The number of urea groups is 1. The zero-order valence-corrected chi connectivity index (χ0v) is 9.97. The molecule has 0 saturated carbocycles. The molecule has 0 aliphatic heterocycles. The van der Waals surface area contributed by atoms with Crippen LogP contribution in [0.1, 0.15) is 5.56 Å². The number of rotatable bonds is 2. The summed E-state index contributed by atoms with van der Waals surface area (Å²) in [7, 11) is 0. The summed E-state index contributed by atoms with van der Waals surface area (Å²) < 4.78 is 0. The fourth-order valence-electron chi connectivity index (χ4n) is 1.50. The molecule has 4 nitrogen and oxygen atoms in total. The third kappa shape index (κ3) is 3.01. The summed E-state index contributed by atoms with van der Waals surface area (Å²) in [5, 5.41) is 14.8. The van der Waals surface area contributed by atoms with E-state index in [9.17, 15) is 9.90 Å². The number of para-hydroxylation sites is 2. The Morgan fingerprint density at radius 3 is 2.33 bits per heavy atom. The van der Waals surface area contributed by atoms with E-state index >= 15 is 0 Å². The molecule has 0 aromatic heterocycles. The van der Waals surface area contributed by atoms with Crippen molar-refractivity contribution in [2.24, 2.45) is 0 Å². The van der Waals surface area contributed by atoms with Crippen molar-refractivity contribution in [1.82, 2.24) is 0 Å². The van der Waals surface area contributed by atoms with Gasteiger partial charge in [-0.2, -0.15) is 0 Å². The van der Waals surface area contributed by atoms with Gasteiger partial charge in [0, 0.05) is 5.69 Å². The summed E-state index contributed by atoms with van der Waals surface area (Å²) in [5.41, 5.74) is 2.21. The second-order valence-electron chi connectivity index (χ2n) is 3.96. The molecule has 92 valence electrons. The predicted molar refractivity (Wildman–Crippen MR) is 71.9 cm³/mol. The van der Waals surface area contributed by atoms with E-state index < -0.39 is 0 Å². The lowest BCUT2D eigenvalue weighted by Gasteiger charge is -2.08. The number of carbonyl (C=O) groups is 1.